The molecule has 0 radical (unpaired) electrons. The molecule has 98 heavy (non-hydrogen) atoms. The highest BCUT2D eigenvalue weighted by atomic mass is 14.9. The highest BCUT2D eigenvalue weighted by Crippen LogP contribution is 2.31. The number of rotatable bonds is 0. The molecule has 9 rings (SSSR count). The summed E-state index contributed by atoms with van der Waals surface area (Å²) in [5.41, 5.74) is 12.1. The summed E-state index contributed by atoms with van der Waals surface area (Å²) >= 11 is 0. The molecule has 6 aromatic heterocycles. The smallest absolute Gasteiger partial charge is 0.133 e. The van der Waals surface area contributed by atoms with Gasteiger partial charge in [-0.15, -0.1) is 0 Å². The van der Waals surface area contributed by atoms with Crippen LogP contribution in [0.15, 0.2) is 195 Å². The van der Waals surface area contributed by atoms with E-state index in [1.54, 1.807) is 31.1 Å². The van der Waals surface area contributed by atoms with E-state index >= 15 is 0 Å². The molecule has 554 valence electrons. The van der Waals surface area contributed by atoms with Crippen molar-refractivity contribution in [2.75, 3.05) is 0 Å². The van der Waals surface area contributed by atoms with Crippen molar-refractivity contribution in [2.24, 2.45) is 5.41 Å². The zero-order valence-corrected chi connectivity index (χ0v) is 71.2. The summed E-state index contributed by atoms with van der Waals surface area (Å²) in [6, 6.07) is 37.0. The number of nitrogens with one attached hydrogen (secondary N) is 1. The van der Waals surface area contributed by atoms with Crippen LogP contribution >= 0.6 is 0 Å². The average Bonchev–Trinajstić information content (AvgIpc) is 1.66. The van der Waals surface area contributed by atoms with E-state index in [1.807, 2.05) is 166 Å². The first-order valence-electron chi connectivity index (χ1n) is 37.1. The maximum Gasteiger partial charge on any atom is 0.133 e. The van der Waals surface area contributed by atoms with Crippen molar-refractivity contribution < 1.29 is 0 Å². The van der Waals surface area contributed by atoms with Gasteiger partial charge in [0.25, 0.3) is 0 Å². The van der Waals surface area contributed by atoms with Crippen LogP contribution in [0.1, 0.15) is 323 Å². The fourth-order valence-corrected chi connectivity index (χ4v) is 7.53. The van der Waals surface area contributed by atoms with Gasteiger partial charge in [0.1, 0.15) is 12.2 Å². The third kappa shape index (κ3) is 51.3. The number of pyridine rings is 3. The summed E-state index contributed by atoms with van der Waals surface area (Å²) in [6.07, 6.45) is 26.1. The van der Waals surface area contributed by atoms with E-state index in [-0.39, 0.29) is 32.5 Å². The molecule has 8 nitrogen and oxygen atoms in total. The number of allylic oxidation sites excluding steroid dienone is 4. The van der Waals surface area contributed by atoms with Gasteiger partial charge in [-0.25, -0.2) is 19.9 Å². The minimum Gasteiger partial charge on any atom is -0.361 e. The Balaban J connectivity index is -0.000000188. The van der Waals surface area contributed by atoms with Crippen molar-refractivity contribution >= 4 is 10.9 Å². The van der Waals surface area contributed by atoms with Gasteiger partial charge in [0.2, 0.25) is 0 Å². The molecule has 0 spiro atoms. The van der Waals surface area contributed by atoms with Crippen LogP contribution in [0, 0.1) is 5.41 Å². The summed E-state index contributed by atoms with van der Waals surface area (Å²) in [7, 11) is 0. The molecule has 2 aromatic carbocycles. The Bertz CT molecular complexity index is 2620. The normalized spacial score (nSPS) is 10.8. The van der Waals surface area contributed by atoms with Crippen molar-refractivity contribution in [1.82, 2.24) is 39.9 Å². The Morgan fingerprint density at radius 3 is 1.02 bits per heavy atom. The molecule has 0 bridgehead atoms. The van der Waals surface area contributed by atoms with Gasteiger partial charge in [0, 0.05) is 94.3 Å². The van der Waals surface area contributed by atoms with Crippen molar-refractivity contribution in [3.8, 4) is 0 Å². The van der Waals surface area contributed by atoms with Gasteiger partial charge in [-0.2, -0.15) is 0 Å². The first-order valence-corrected chi connectivity index (χ1v) is 37.1. The Hall–Kier alpha value is -6.93. The lowest BCUT2D eigenvalue weighted by molar-refractivity contribution is 0.518. The SMILES string of the molecule is CC.CC.CC.CC.CC.CC.CC.CC.CC(C)(C)C1=CCC=C1.CC(C)(C)c1c[nH]c2ccccc12.CC(C)(C)c1ccccc1.CC(C)(C)c1ccccn1.CC(C)(C)c1cccnc1.CC(C)(C)c1ccncc1.CC(C)(C)c1ccncn1.CC(C)(C)c1ncccn1. The van der Waals surface area contributed by atoms with Gasteiger partial charge in [0.05, 0.1) is 0 Å². The number of nitrogens with zero attached hydrogens (tertiary/aromatic N) is 7. The summed E-state index contributed by atoms with van der Waals surface area (Å²) in [6.45, 7) is 84.5. The van der Waals surface area contributed by atoms with E-state index in [0.717, 1.165) is 23.6 Å². The van der Waals surface area contributed by atoms with Gasteiger partial charge in [-0.1, -0.05) is 356 Å². The first-order chi connectivity index (χ1) is 45.8. The van der Waals surface area contributed by atoms with E-state index in [9.17, 15) is 0 Å². The molecule has 0 saturated heterocycles. The lowest BCUT2D eigenvalue weighted by atomic mass is 9.87. The van der Waals surface area contributed by atoms with E-state index in [2.05, 4.69) is 309 Å². The van der Waals surface area contributed by atoms with Crippen LogP contribution in [-0.4, -0.2) is 39.9 Å². The van der Waals surface area contributed by atoms with Crippen LogP contribution in [0.4, 0.5) is 0 Å². The first kappa shape index (κ1) is 105. The van der Waals surface area contributed by atoms with E-state index in [4.69, 9.17) is 0 Å². The molecule has 8 aromatic rings. The Morgan fingerprint density at radius 1 is 0.306 bits per heavy atom. The molecular weight excluding hydrogens is 1190 g/mol. The lowest BCUT2D eigenvalue weighted by Gasteiger charge is -2.18. The number of hydrogen-bond acceptors (Lipinski definition) is 7. The topological polar surface area (TPSA) is 106 Å². The number of hydrogen-bond donors (Lipinski definition) is 1. The molecule has 0 unspecified atom stereocenters. The molecule has 6 heterocycles. The Morgan fingerprint density at radius 2 is 0.724 bits per heavy atom. The number of fused-ring (bicyclic) bond motifs is 1. The summed E-state index contributed by atoms with van der Waals surface area (Å²) in [5.74, 6) is 0.898. The zero-order valence-electron chi connectivity index (χ0n) is 71.2. The van der Waals surface area contributed by atoms with Crippen LogP contribution < -0.4 is 0 Å². The van der Waals surface area contributed by atoms with E-state index in [0.29, 0.717) is 10.8 Å². The van der Waals surface area contributed by atoms with Crippen molar-refractivity contribution in [2.45, 2.75) is 321 Å². The minimum atomic E-state index is 0.0707. The minimum absolute atomic E-state index is 0.0707. The number of benzene rings is 2. The van der Waals surface area contributed by atoms with Gasteiger partial charge in [-0.3, -0.25) is 15.0 Å². The predicted molar refractivity (Wildman–Crippen MR) is 444 cm³/mol. The molecule has 1 aliphatic carbocycles. The predicted octanol–water partition coefficient (Wildman–Crippen LogP) is 28.3. The quantitative estimate of drug-likeness (QED) is 0.161. The molecule has 0 fully saturated rings. The molecule has 0 saturated carbocycles. The third-order valence-electron chi connectivity index (χ3n) is 12.8. The number of aromatic nitrogens is 8. The van der Waals surface area contributed by atoms with Crippen molar-refractivity contribution in [3.63, 3.8) is 0 Å². The number of aromatic amines is 1. The van der Waals surface area contributed by atoms with Crippen LogP contribution in [0.2, 0.25) is 0 Å². The highest BCUT2D eigenvalue weighted by molar-refractivity contribution is 5.84. The molecule has 1 N–H and O–H groups in total. The number of H-pyrrole nitrogens is 1. The van der Waals surface area contributed by atoms with E-state index < -0.39 is 0 Å². The molecule has 1 aliphatic rings. The fraction of sp³-hybridized carbons (Fsp3) is 0.544. The molecule has 0 aliphatic heterocycles. The zero-order chi connectivity index (χ0) is 78.1. The average molecular weight is 1350 g/mol. The molecular formula is C90H154N8. The van der Waals surface area contributed by atoms with Crippen LogP contribution in [0.5, 0.6) is 0 Å². The maximum atomic E-state index is 4.25. The summed E-state index contributed by atoms with van der Waals surface area (Å²) in [5, 5.41) is 1.34. The second-order valence-corrected chi connectivity index (χ2v) is 28.8. The molecule has 0 amide bonds. The van der Waals surface area contributed by atoms with Crippen LogP contribution in [-0.2, 0) is 37.9 Å². The molecule has 8 heteroatoms. The van der Waals surface area contributed by atoms with Gasteiger partial charge in [0.15, 0.2) is 0 Å². The number of para-hydroxylation sites is 1. The monoisotopic (exact) mass is 1350 g/mol. The van der Waals surface area contributed by atoms with Crippen molar-refractivity contribution in [1.29, 1.82) is 0 Å². The fourth-order valence-electron chi connectivity index (χ4n) is 7.53. The largest absolute Gasteiger partial charge is 0.361 e. The summed E-state index contributed by atoms with van der Waals surface area (Å²) in [4.78, 5) is 31.8. The third-order valence-corrected chi connectivity index (χ3v) is 12.8. The Labute approximate surface area is 608 Å². The van der Waals surface area contributed by atoms with Crippen LogP contribution in [0.25, 0.3) is 10.9 Å². The van der Waals surface area contributed by atoms with Crippen LogP contribution in [0.3, 0.4) is 0 Å². The maximum absolute atomic E-state index is 4.25. The molecule has 0 atom stereocenters. The second kappa shape index (κ2) is 57.9. The van der Waals surface area contributed by atoms with Gasteiger partial charge < -0.3 is 4.98 Å². The van der Waals surface area contributed by atoms with Gasteiger partial charge >= 0.3 is 0 Å². The van der Waals surface area contributed by atoms with E-state index in [1.165, 1.54) is 38.7 Å². The Kier molecular flexibility index (Phi) is 61.8. The lowest BCUT2D eigenvalue weighted by Crippen LogP contribution is -2.14. The van der Waals surface area contributed by atoms with Gasteiger partial charge in [-0.05, 0) is 110 Å². The standard InChI is InChI=1S/C12H15N.C10H14.3C9H13N.C9H14.2C8H12N2.8C2H6/c1-12(2,3)10-8-13-11-7-5-4-6-9(10)11;1-10(2,3)9-7-5-4-6-8-9;1-9(2,3)8-4-6-10-7-5-8;1-9(2,3)8-5-4-6-10-7-8;1-9(2,3)8-6-4-5-7-10-8;1-9(2,3)8-6-4-5-7-8;1-8(2,3)7-4-5-9-6-10-7;1-8(2,3)7-9-5-4-6-10-7;8*1-2/h4-8,13H,1-3H3;4-8H,1-3H3;3*4-7H,1-3H3;4,6-7H,5H2,1-3H3;2*4-6H,1-3H3;8*1-2H3. The second-order valence-electron chi connectivity index (χ2n) is 28.8. The summed E-state index contributed by atoms with van der Waals surface area (Å²) < 4.78 is 0. The highest BCUT2D eigenvalue weighted by Gasteiger charge is 2.19. The van der Waals surface area contributed by atoms with Crippen molar-refractivity contribution in [3.05, 3.63) is 235 Å².